The Bertz CT molecular complexity index is 249. The lowest BCUT2D eigenvalue weighted by Crippen LogP contribution is -2.38. The smallest absolute Gasteiger partial charge is 0.234 e. The highest BCUT2D eigenvalue weighted by Crippen LogP contribution is 1.93. The molecular weight excluding hydrogens is 178 g/mol. The molecule has 0 aromatic rings. The lowest BCUT2D eigenvalue weighted by molar-refractivity contribution is -0.120. The zero-order valence-corrected chi connectivity index (χ0v) is 8.34. The fourth-order valence-corrected chi connectivity index (χ4v) is 0.950. The summed E-state index contributed by atoms with van der Waals surface area (Å²) < 4.78 is 0. The molecule has 0 aliphatic carbocycles. The molecule has 0 bridgehead atoms. The Morgan fingerprint density at radius 1 is 1.64 bits per heavy atom. The van der Waals surface area contributed by atoms with Gasteiger partial charge < -0.3 is 5.32 Å². The van der Waals surface area contributed by atoms with Gasteiger partial charge in [-0.25, -0.2) is 0 Å². The van der Waals surface area contributed by atoms with Gasteiger partial charge in [0.1, 0.15) is 6.54 Å². The highest BCUT2D eigenvalue weighted by Gasteiger charge is 2.05. The number of nitrogens with zero attached hydrogens (tertiary/aromatic N) is 1. The van der Waals surface area contributed by atoms with E-state index < -0.39 is 0 Å². The molecule has 0 aromatic carbocycles. The van der Waals surface area contributed by atoms with Crippen LogP contribution in [0.3, 0.4) is 0 Å². The summed E-state index contributed by atoms with van der Waals surface area (Å²) in [5.74, 6) is 2.35. The van der Waals surface area contributed by atoms with Gasteiger partial charge in [0.2, 0.25) is 5.91 Å². The van der Waals surface area contributed by atoms with E-state index in [1.807, 2.05) is 13.0 Å². The number of rotatable bonds is 6. The molecule has 76 valence electrons. The average molecular weight is 193 g/mol. The fourth-order valence-electron chi connectivity index (χ4n) is 0.950. The molecular formula is C10H15N3O. The molecule has 0 saturated heterocycles. The monoisotopic (exact) mass is 193 g/mol. The minimum atomic E-state index is -0.206. The van der Waals surface area contributed by atoms with Crippen molar-refractivity contribution >= 4 is 5.91 Å². The summed E-state index contributed by atoms with van der Waals surface area (Å²) in [6.07, 6.45) is 7.07. The maximum atomic E-state index is 11.0. The Hall–Kier alpha value is -1.52. The van der Waals surface area contributed by atoms with Crippen molar-refractivity contribution < 1.29 is 4.79 Å². The number of carbonyl (C=O) groups excluding carboxylic acids is 1. The van der Waals surface area contributed by atoms with Crippen LogP contribution in [0.5, 0.6) is 0 Å². The Morgan fingerprint density at radius 2 is 2.36 bits per heavy atom. The van der Waals surface area contributed by atoms with Gasteiger partial charge in [-0.05, 0) is 6.42 Å². The van der Waals surface area contributed by atoms with Crippen molar-refractivity contribution in [1.82, 2.24) is 10.6 Å². The van der Waals surface area contributed by atoms with Gasteiger partial charge in [0.05, 0.1) is 18.7 Å². The number of carbonyl (C=O) groups is 1. The first kappa shape index (κ1) is 12.5. The second-order valence-electron chi connectivity index (χ2n) is 2.82. The Labute approximate surface area is 84.7 Å². The van der Waals surface area contributed by atoms with Crippen LogP contribution in [0.2, 0.25) is 0 Å². The number of hydrogen-bond donors (Lipinski definition) is 2. The molecule has 0 rings (SSSR count). The van der Waals surface area contributed by atoms with Gasteiger partial charge >= 0.3 is 0 Å². The quantitative estimate of drug-likeness (QED) is 0.461. The van der Waals surface area contributed by atoms with Crippen LogP contribution in [0.25, 0.3) is 0 Å². The van der Waals surface area contributed by atoms with Crippen molar-refractivity contribution in [2.45, 2.75) is 25.8 Å². The first-order valence-corrected chi connectivity index (χ1v) is 4.57. The molecule has 1 unspecified atom stereocenters. The molecule has 14 heavy (non-hydrogen) atoms. The van der Waals surface area contributed by atoms with Crippen molar-refractivity contribution in [3.63, 3.8) is 0 Å². The second-order valence-corrected chi connectivity index (χ2v) is 2.82. The van der Waals surface area contributed by atoms with Crippen LogP contribution in [0.4, 0.5) is 0 Å². The predicted molar refractivity (Wildman–Crippen MR) is 54.2 cm³/mol. The third-order valence-electron chi connectivity index (χ3n) is 1.65. The molecule has 0 radical (unpaired) electrons. The Kier molecular flexibility index (Phi) is 7.22. The zero-order chi connectivity index (χ0) is 10.8. The van der Waals surface area contributed by atoms with Crippen LogP contribution >= 0.6 is 0 Å². The Balaban J connectivity index is 3.65. The number of amides is 1. The number of nitriles is 1. The molecule has 0 spiro atoms. The van der Waals surface area contributed by atoms with Crippen molar-refractivity contribution in [3.8, 4) is 18.4 Å². The molecule has 2 N–H and O–H groups in total. The maximum absolute atomic E-state index is 11.0. The third kappa shape index (κ3) is 6.05. The van der Waals surface area contributed by atoms with Gasteiger partial charge in [-0.2, -0.15) is 5.26 Å². The van der Waals surface area contributed by atoms with E-state index in [1.54, 1.807) is 0 Å². The minimum Gasteiger partial charge on any atom is -0.342 e. The third-order valence-corrected chi connectivity index (χ3v) is 1.65. The SMILES string of the molecule is C#CC(CCC)NCC(=O)NCC#N. The van der Waals surface area contributed by atoms with Crippen LogP contribution in [0, 0.1) is 23.7 Å². The number of terminal acetylenes is 1. The van der Waals surface area contributed by atoms with E-state index in [9.17, 15) is 4.79 Å². The molecule has 1 amide bonds. The number of hydrogen-bond acceptors (Lipinski definition) is 3. The van der Waals surface area contributed by atoms with E-state index in [-0.39, 0.29) is 25.0 Å². The van der Waals surface area contributed by atoms with Gasteiger partial charge in [-0.3, -0.25) is 10.1 Å². The van der Waals surface area contributed by atoms with Gasteiger partial charge in [-0.15, -0.1) is 6.42 Å². The maximum Gasteiger partial charge on any atom is 0.234 e. The molecule has 0 fully saturated rings. The standard InChI is InChI=1S/C10H15N3O/c1-3-5-9(4-2)13-8-10(14)12-7-6-11/h2,9,13H,3,5,7-8H2,1H3,(H,12,14). The molecule has 0 heterocycles. The minimum absolute atomic E-state index is 0.0367. The van der Waals surface area contributed by atoms with Gasteiger partial charge in [0, 0.05) is 0 Å². The van der Waals surface area contributed by atoms with E-state index in [4.69, 9.17) is 11.7 Å². The predicted octanol–water partition coefficient (Wildman–Crippen LogP) is 0.0177. The molecule has 0 saturated carbocycles. The largest absolute Gasteiger partial charge is 0.342 e. The summed E-state index contributed by atoms with van der Waals surface area (Å²) >= 11 is 0. The second kappa shape index (κ2) is 8.10. The van der Waals surface area contributed by atoms with Crippen molar-refractivity contribution in [2.75, 3.05) is 13.1 Å². The van der Waals surface area contributed by atoms with Crippen molar-refractivity contribution in [3.05, 3.63) is 0 Å². The van der Waals surface area contributed by atoms with Gasteiger partial charge in [-0.1, -0.05) is 19.3 Å². The van der Waals surface area contributed by atoms with Gasteiger partial charge in [0.25, 0.3) is 0 Å². The average Bonchev–Trinajstić information content (AvgIpc) is 2.21. The Morgan fingerprint density at radius 3 is 2.86 bits per heavy atom. The van der Waals surface area contributed by atoms with E-state index in [0.717, 1.165) is 12.8 Å². The lowest BCUT2D eigenvalue weighted by atomic mass is 10.2. The number of nitrogens with one attached hydrogen (secondary N) is 2. The van der Waals surface area contributed by atoms with Crippen LogP contribution in [-0.4, -0.2) is 25.0 Å². The topological polar surface area (TPSA) is 64.9 Å². The molecule has 0 aliphatic heterocycles. The molecule has 0 aromatic heterocycles. The van der Waals surface area contributed by atoms with Crippen LogP contribution < -0.4 is 10.6 Å². The van der Waals surface area contributed by atoms with Crippen molar-refractivity contribution in [1.29, 1.82) is 5.26 Å². The van der Waals surface area contributed by atoms with Gasteiger partial charge in [0.15, 0.2) is 0 Å². The first-order chi connectivity index (χ1) is 6.74. The highest BCUT2D eigenvalue weighted by molar-refractivity contribution is 5.78. The van der Waals surface area contributed by atoms with E-state index in [2.05, 4.69) is 16.6 Å². The van der Waals surface area contributed by atoms with Crippen LogP contribution in [0.1, 0.15) is 19.8 Å². The summed E-state index contributed by atoms with van der Waals surface area (Å²) in [5, 5.41) is 13.5. The summed E-state index contributed by atoms with van der Waals surface area (Å²) in [4.78, 5) is 11.0. The summed E-state index contributed by atoms with van der Waals surface area (Å²) in [7, 11) is 0. The molecule has 1 atom stereocenters. The molecule has 0 aliphatic rings. The summed E-state index contributed by atoms with van der Waals surface area (Å²) in [6.45, 7) is 2.23. The summed E-state index contributed by atoms with van der Waals surface area (Å²) in [6, 6.07) is 1.76. The van der Waals surface area contributed by atoms with E-state index >= 15 is 0 Å². The fraction of sp³-hybridized carbons (Fsp3) is 0.600. The highest BCUT2D eigenvalue weighted by atomic mass is 16.1. The first-order valence-electron chi connectivity index (χ1n) is 4.57. The molecule has 4 heteroatoms. The van der Waals surface area contributed by atoms with Crippen LogP contribution in [-0.2, 0) is 4.79 Å². The van der Waals surface area contributed by atoms with Crippen molar-refractivity contribution in [2.24, 2.45) is 0 Å². The summed E-state index contributed by atoms with van der Waals surface area (Å²) in [5.41, 5.74) is 0. The zero-order valence-electron chi connectivity index (χ0n) is 8.34. The molecule has 4 nitrogen and oxygen atoms in total. The van der Waals surface area contributed by atoms with E-state index in [0.29, 0.717) is 0 Å². The van der Waals surface area contributed by atoms with Crippen LogP contribution in [0.15, 0.2) is 0 Å². The normalized spacial score (nSPS) is 11.1. The lowest BCUT2D eigenvalue weighted by Gasteiger charge is -2.10. The van der Waals surface area contributed by atoms with E-state index in [1.165, 1.54) is 0 Å².